The standard InChI is InChI=1S/C18H23N3O4.C2H2O4/c22-15-7-4-8-17(11-15)25-13-16(23)12-19-9-10-20-18(24)21-14-5-2-1-3-6-14;3-1(4)2(5)6/h1-8,11,16,19,22-23H,9-10,12-13H2,(H2,20,21,24);(H,3,4)(H,5,6). The number of urea groups is 1. The van der Waals surface area contributed by atoms with Crippen LogP contribution in [0.4, 0.5) is 10.5 Å². The Morgan fingerprint density at radius 3 is 2.23 bits per heavy atom. The topological polar surface area (TPSA) is 177 Å². The number of ether oxygens (including phenoxy) is 1. The van der Waals surface area contributed by atoms with Crippen LogP contribution in [0.2, 0.25) is 0 Å². The number of nitrogens with one attached hydrogen (secondary N) is 3. The number of phenolic OH excluding ortho intramolecular Hbond substituents is 1. The number of anilines is 1. The molecule has 1 unspecified atom stereocenters. The van der Waals surface area contributed by atoms with Gasteiger partial charge >= 0.3 is 18.0 Å². The van der Waals surface area contributed by atoms with Gasteiger partial charge < -0.3 is 41.1 Å². The number of rotatable bonds is 9. The van der Waals surface area contributed by atoms with Crippen LogP contribution in [0.15, 0.2) is 54.6 Å². The number of carbonyl (C=O) groups excluding carboxylic acids is 1. The summed E-state index contributed by atoms with van der Waals surface area (Å²) in [4.78, 5) is 29.9. The number of aliphatic carboxylic acids is 2. The second-order valence-corrected chi connectivity index (χ2v) is 6.02. The third-order valence-corrected chi connectivity index (χ3v) is 3.44. The Kier molecular flexibility index (Phi) is 11.5. The first kappa shape index (κ1) is 25.2. The summed E-state index contributed by atoms with van der Waals surface area (Å²) in [6.07, 6.45) is -0.694. The van der Waals surface area contributed by atoms with E-state index in [2.05, 4.69) is 16.0 Å². The molecule has 2 aromatic rings. The summed E-state index contributed by atoms with van der Waals surface area (Å²) in [6, 6.07) is 15.3. The Hall–Kier alpha value is -3.83. The van der Waals surface area contributed by atoms with Crippen LogP contribution < -0.4 is 20.7 Å². The molecule has 2 aromatic carbocycles. The van der Waals surface area contributed by atoms with E-state index < -0.39 is 18.0 Å². The molecule has 0 aliphatic heterocycles. The molecule has 11 nitrogen and oxygen atoms in total. The molecular formula is C20H25N3O8. The Morgan fingerprint density at radius 2 is 1.61 bits per heavy atom. The zero-order valence-corrected chi connectivity index (χ0v) is 16.5. The van der Waals surface area contributed by atoms with Gasteiger partial charge in [-0.2, -0.15) is 0 Å². The van der Waals surface area contributed by atoms with E-state index >= 15 is 0 Å². The van der Waals surface area contributed by atoms with Gasteiger partial charge in [-0.3, -0.25) is 0 Å². The fraction of sp³-hybridized carbons (Fsp3) is 0.250. The third-order valence-electron chi connectivity index (χ3n) is 3.44. The van der Waals surface area contributed by atoms with Crippen molar-refractivity contribution in [1.29, 1.82) is 0 Å². The smallest absolute Gasteiger partial charge is 0.414 e. The zero-order valence-electron chi connectivity index (χ0n) is 16.5. The minimum atomic E-state index is -1.82. The van der Waals surface area contributed by atoms with Crippen LogP contribution in [0.1, 0.15) is 0 Å². The lowest BCUT2D eigenvalue weighted by atomic mass is 10.3. The summed E-state index contributed by atoms with van der Waals surface area (Å²) < 4.78 is 5.38. The van der Waals surface area contributed by atoms with Crippen LogP contribution in [0.25, 0.3) is 0 Å². The molecule has 0 aliphatic carbocycles. The first-order valence-corrected chi connectivity index (χ1v) is 9.14. The van der Waals surface area contributed by atoms with Gasteiger partial charge in [-0.05, 0) is 24.3 Å². The number of carbonyl (C=O) groups is 3. The number of aromatic hydroxyl groups is 1. The lowest BCUT2D eigenvalue weighted by Crippen LogP contribution is -2.38. The van der Waals surface area contributed by atoms with Gasteiger partial charge in [0.05, 0.1) is 0 Å². The Morgan fingerprint density at radius 1 is 0.935 bits per heavy atom. The second kappa shape index (κ2) is 14.2. The Balaban J connectivity index is 0.000000703. The molecule has 2 amide bonds. The molecular weight excluding hydrogens is 410 g/mol. The molecule has 0 heterocycles. The van der Waals surface area contributed by atoms with Crippen LogP contribution in [-0.2, 0) is 9.59 Å². The number of hydrogen-bond acceptors (Lipinski definition) is 7. The van der Waals surface area contributed by atoms with Gasteiger partial charge in [-0.15, -0.1) is 0 Å². The molecule has 0 spiro atoms. The molecule has 2 rings (SSSR count). The summed E-state index contributed by atoms with van der Waals surface area (Å²) in [5.74, 6) is -3.03. The summed E-state index contributed by atoms with van der Waals surface area (Å²) in [6.45, 7) is 1.39. The number of amides is 2. The molecule has 1 atom stereocenters. The summed E-state index contributed by atoms with van der Waals surface area (Å²) in [5, 5.41) is 42.4. The average molecular weight is 435 g/mol. The highest BCUT2D eigenvalue weighted by Crippen LogP contribution is 2.17. The first-order valence-electron chi connectivity index (χ1n) is 9.14. The highest BCUT2D eigenvalue weighted by Gasteiger charge is 2.06. The van der Waals surface area contributed by atoms with Crippen LogP contribution in [0, 0.1) is 0 Å². The number of phenols is 1. The minimum absolute atomic E-state index is 0.109. The monoisotopic (exact) mass is 435 g/mol. The van der Waals surface area contributed by atoms with E-state index in [0.717, 1.165) is 5.69 Å². The Labute approximate surface area is 178 Å². The molecule has 7 N–H and O–H groups in total. The molecule has 0 saturated heterocycles. The van der Waals surface area contributed by atoms with Gasteiger partial charge in [0.1, 0.15) is 24.2 Å². The maximum atomic E-state index is 11.7. The number of carboxylic acid groups (broad SMARTS) is 2. The van der Waals surface area contributed by atoms with Gasteiger partial charge in [-0.1, -0.05) is 24.3 Å². The van der Waals surface area contributed by atoms with Crippen molar-refractivity contribution in [3.8, 4) is 11.5 Å². The largest absolute Gasteiger partial charge is 0.508 e. The molecule has 0 saturated carbocycles. The van der Waals surface area contributed by atoms with E-state index in [1.54, 1.807) is 30.3 Å². The fourth-order valence-electron chi connectivity index (χ4n) is 2.05. The average Bonchev–Trinajstić information content (AvgIpc) is 2.73. The molecule has 0 aliphatic rings. The maximum absolute atomic E-state index is 11.7. The summed E-state index contributed by atoms with van der Waals surface area (Å²) in [7, 11) is 0. The van der Waals surface area contributed by atoms with Crippen molar-refractivity contribution in [2.45, 2.75) is 6.10 Å². The quantitative estimate of drug-likeness (QED) is 0.221. The van der Waals surface area contributed by atoms with E-state index in [9.17, 15) is 15.0 Å². The van der Waals surface area contributed by atoms with E-state index in [4.69, 9.17) is 24.5 Å². The second-order valence-electron chi connectivity index (χ2n) is 6.02. The van der Waals surface area contributed by atoms with Crippen molar-refractivity contribution < 1.29 is 39.5 Å². The van der Waals surface area contributed by atoms with Crippen LogP contribution in [-0.4, -0.2) is 70.7 Å². The van der Waals surface area contributed by atoms with E-state index in [1.165, 1.54) is 6.07 Å². The lowest BCUT2D eigenvalue weighted by molar-refractivity contribution is -0.159. The van der Waals surface area contributed by atoms with E-state index in [1.807, 2.05) is 18.2 Å². The van der Waals surface area contributed by atoms with Crippen molar-refractivity contribution in [3.63, 3.8) is 0 Å². The predicted octanol–water partition coefficient (Wildman–Crippen LogP) is 0.699. The number of aliphatic hydroxyl groups is 1. The summed E-state index contributed by atoms with van der Waals surface area (Å²) >= 11 is 0. The van der Waals surface area contributed by atoms with Crippen molar-refractivity contribution in [1.82, 2.24) is 10.6 Å². The number of aliphatic hydroxyl groups excluding tert-OH is 1. The van der Waals surface area contributed by atoms with Crippen molar-refractivity contribution in [3.05, 3.63) is 54.6 Å². The van der Waals surface area contributed by atoms with Gasteiger partial charge in [0.15, 0.2) is 0 Å². The van der Waals surface area contributed by atoms with Crippen LogP contribution in [0.3, 0.4) is 0 Å². The van der Waals surface area contributed by atoms with Crippen LogP contribution in [0.5, 0.6) is 11.5 Å². The molecule has 31 heavy (non-hydrogen) atoms. The minimum Gasteiger partial charge on any atom is -0.508 e. The molecule has 0 bridgehead atoms. The molecule has 0 aromatic heterocycles. The van der Waals surface area contributed by atoms with Crippen molar-refractivity contribution in [2.24, 2.45) is 0 Å². The number of hydrogen-bond donors (Lipinski definition) is 7. The fourth-order valence-corrected chi connectivity index (χ4v) is 2.05. The number of benzene rings is 2. The number of carboxylic acids is 2. The van der Waals surface area contributed by atoms with Gasteiger partial charge in [0.25, 0.3) is 0 Å². The summed E-state index contributed by atoms with van der Waals surface area (Å²) in [5.41, 5.74) is 0.729. The van der Waals surface area contributed by atoms with E-state index in [-0.39, 0.29) is 18.4 Å². The van der Waals surface area contributed by atoms with Crippen molar-refractivity contribution >= 4 is 23.7 Å². The SMILES string of the molecule is O=C(NCCNCC(O)COc1cccc(O)c1)Nc1ccccc1.O=C(O)C(=O)O. The van der Waals surface area contributed by atoms with E-state index in [0.29, 0.717) is 25.4 Å². The van der Waals surface area contributed by atoms with Gasteiger partial charge in [0.2, 0.25) is 0 Å². The van der Waals surface area contributed by atoms with Crippen LogP contribution >= 0.6 is 0 Å². The lowest BCUT2D eigenvalue weighted by Gasteiger charge is -2.14. The highest BCUT2D eigenvalue weighted by atomic mass is 16.5. The molecule has 0 fully saturated rings. The number of para-hydroxylation sites is 1. The molecule has 168 valence electrons. The predicted molar refractivity (Wildman–Crippen MR) is 111 cm³/mol. The normalized spacial score (nSPS) is 10.7. The van der Waals surface area contributed by atoms with Gasteiger partial charge in [0, 0.05) is 31.4 Å². The Bertz CT molecular complexity index is 820. The highest BCUT2D eigenvalue weighted by molar-refractivity contribution is 6.27. The molecule has 0 radical (unpaired) electrons. The zero-order chi connectivity index (χ0) is 23.1. The maximum Gasteiger partial charge on any atom is 0.414 e. The van der Waals surface area contributed by atoms with Gasteiger partial charge in [-0.25, -0.2) is 14.4 Å². The first-order chi connectivity index (χ1) is 14.8. The molecule has 11 heteroatoms. The third kappa shape index (κ3) is 12.4. The van der Waals surface area contributed by atoms with Crippen molar-refractivity contribution in [2.75, 3.05) is 31.6 Å².